The van der Waals surface area contributed by atoms with Crippen LogP contribution < -0.4 is 0 Å². The lowest BCUT2D eigenvalue weighted by Crippen LogP contribution is -2.03. The van der Waals surface area contributed by atoms with Crippen LogP contribution in [0.5, 0.6) is 0 Å². The molecular formula is C10H10N2O2. The summed E-state index contributed by atoms with van der Waals surface area (Å²) < 4.78 is 4.90. The lowest BCUT2D eigenvalue weighted by molar-refractivity contribution is 0.0528. The van der Waals surface area contributed by atoms with Crippen molar-refractivity contribution in [1.82, 2.24) is 9.97 Å². The molecule has 1 N–H and O–H groups in total. The van der Waals surface area contributed by atoms with E-state index in [0.717, 1.165) is 5.52 Å². The first-order valence-corrected chi connectivity index (χ1v) is 4.42. The van der Waals surface area contributed by atoms with E-state index in [2.05, 4.69) is 9.97 Å². The highest BCUT2D eigenvalue weighted by Gasteiger charge is 2.12. The monoisotopic (exact) mass is 190 g/mol. The lowest BCUT2D eigenvalue weighted by atomic mass is 10.3. The maximum atomic E-state index is 11.4. The molecule has 2 heterocycles. The van der Waals surface area contributed by atoms with Gasteiger partial charge in [0.25, 0.3) is 0 Å². The number of carbonyl (C=O) groups excluding carboxylic acids is 1. The SMILES string of the molecule is CCOC(=O)c1c[nH]c2cccnc12. The van der Waals surface area contributed by atoms with E-state index < -0.39 is 0 Å². The Morgan fingerprint density at radius 2 is 2.50 bits per heavy atom. The molecule has 4 heteroatoms. The second kappa shape index (κ2) is 3.49. The van der Waals surface area contributed by atoms with Gasteiger partial charge >= 0.3 is 5.97 Å². The number of hydrogen-bond donors (Lipinski definition) is 1. The van der Waals surface area contributed by atoms with Gasteiger partial charge in [0.05, 0.1) is 12.1 Å². The molecule has 0 bridgehead atoms. The van der Waals surface area contributed by atoms with Gasteiger partial charge in [-0.3, -0.25) is 4.98 Å². The Hall–Kier alpha value is -1.84. The first-order valence-electron chi connectivity index (χ1n) is 4.42. The Morgan fingerprint density at radius 3 is 3.29 bits per heavy atom. The Labute approximate surface area is 80.9 Å². The Kier molecular flexibility index (Phi) is 2.18. The van der Waals surface area contributed by atoms with E-state index in [4.69, 9.17) is 4.74 Å². The first-order chi connectivity index (χ1) is 6.83. The number of carbonyl (C=O) groups is 1. The maximum Gasteiger partial charge on any atom is 0.341 e. The van der Waals surface area contributed by atoms with Crippen LogP contribution in [0.3, 0.4) is 0 Å². The van der Waals surface area contributed by atoms with Crippen LogP contribution in [-0.2, 0) is 4.74 Å². The number of pyridine rings is 1. The summed E-state index contributed by atoms with van der Waals surface area (Å²) in [4.78, 5) is 18.5. The second-order valence-electron chi connectivity index (χ2n) is 2.82. The summed E-state index contributed by atoms with van der Waals surface area (Å²) in [6, 6.07) is 3.68. The average Bonchev–Trinajstić information content (AvgIpc) is 2.61. The van der Waals surface area contributed by atoms with E-state index in [1.54, 1.807) is 19.3 Å². The van der Waals surface area contributed by atoms with Crippen molar-refractivity contribution in [3.05, 3.63) is 30.1 Å². The van der Waals surface area contributed by atoms with Crippen molar-refractivity contribution >= 4 is 17.0 Å². The van der Waals surface area contributed by atoms with Crippen LogP contribution in [0, 0.1) is 0 Å². The number of ether oxygens (including phenoxy) is 1. The minimum atomic E-state index is -0.336. The van der Waals surface area contributed by atoms with E-state index in [1.165, 1.54) is 0 Å². The zero-order valence-corrected chi connectivity index (χ0v) is 7.78. The van der Waals surface area contributed by atoms with Gasteiger partial charge in [0, 0.05) is 12.4 Å². The summed E-state index contributed by atoms with van der Waals surface area (Å²) in [6.07, 6.45) is 3.27. The van der Waals surface area contributed by atoms with Gasteiger partial charge in [0.1, 0.15) is 11.1 Å². The number of hydrogen-bond acceptors (Lipinski definition) is 3. The van der Waals surface area contributed by atoms with E-state index in [1.807, 2.05) is 12.1 Å². The summed E-state index contributed by atoms with van der Waals surface area (Å²) in [5.74, 6) is -0.336. The molecule has 0 aliphatic carbocycles. The molecule has 0 aromatic carbocycles. The third kappa shape index (κ3) is 1.35. The summed E-state index contributed by atoms with van der Waals surface area (Å²) >= 11 is 0. The first kappa shape index (κ1) is 8.74. The molecule has 0 saturated carbocycles. The molecule has 14 heavy (non-hydrogen) atoms. The molecule has 0 radical (unpaired) electrons. The average molecular weight is 190 g/mol. The predicted molar refractivity (Wildman–Crippen MR) is 52.1 cm³/mol. The molecule has 2 aromatic heterocycles. The standard InChI is InChI=1S/C10H10N2O2/c1-2-14-10(13)7-6-12-8-4-3-5-11-9(7)8/h3-6,12H,2H2,1H3. The van der Waals surface area contributed by atoms with Gasteiger partial charge in [-0.25, -0.2) is 4.79 Å². The van der Waals surface area contributed by atoms with E-state index >= 15 is 0 Å². The van der Waals surface area contributed by atoms with Gasteiger partial charge < -0.3 is 9.72 Å². The molecule has 2 rings (SSSR count). The summed E-state index contributed by atoms with van der Waals surface area (Å²) in [6.45, 7) is 2.15. The molecule has 0 aliphatic heterocycles. The number of rotatable bonds is 2. The van der Waals surface area contributed by atoms with Crippen molar-refractivity contribution in [2.24, 2.45) is 0 Å². The normalized spacial score (nSPS) is 10.4. The molecule has 0 spiro atoms. The Balaban J connectivity index is 2.47. The van der Waals surface area contributed by atoms with Crippen LogP contribution in [0.15, 0.2) is 24.5 Å². The fourth-order valence-electron chi connectivity index (χ4n) is 1.32. The molecule has 0 unspecified atom stereocenters. The molecule has 0 atom stereocenters. The van der Waals surface area contributed by atoms with Crippen molar-refractivity contribution < 1.29 is 9.53 Å². The number of aromatic nitrogens is 2. The zero-order chi connectivity index (χ0) is 9.97. The number of aromatic amines is 1. The van der Waals surface area contributed by atoms with Crippen molar-refractivity contribution in [3.63, 3.8) is 0 Å². The smallest absolute Gasteiger partial charge is 0.341 e. The third-order valence-corrected chi connectivity index (χ3v) is 1.93. The molecule has 4 nitrogen and oxygen atoms in total. The number of esters is 1. The molecule has 2 aromatic rings. The van der Waals surface area contributed by atoms with Crippen LogP contribution in [0.2, 0.25) is 0 Å². The molecule has 0 amide bonds. The van der Waals surface area contributed by atoms with Gasteiger partial charge in [-0.15, -0.1) is 0 Å². The molecular weight excluding hydrogens is 180 g/mol. The van der Waals surface area contributed by atoms with Crippen LogP contribution in [-0.4, -0.2) is 22.5 Å². The lowest BCUT2D eigenvalue weighted by Gasteiger charge is -1.98. The highest BCUT2D eigenvalue weighted by Crippen LogP contribution is 2.15. The Morgan fingerprint density at radius 1 is 1.64 bits per heavy atom. The van der Waals surface area contributed by atoms with Gasteiger partial charge in [0.15, 0.2) is 0 Å². The highest BCUT2D eigenvalue weighted by molar-refractivity contribution is 6.02. The summed E-state index contributed by atoms with van der Waals surface area (Å²) in [5.41, 5.74) is 1.99. The summed E-state index contributed by atoms with van der Waals surface area (Å²) in [7, 11) is 0. The number of fused-ring (bicyclic) bond motifs is 1. The van der Waals surface area contributed by atoms with E-state index in [9.17, 15) is 4.79 Å². The topological polar surface area (TPSA) is 55.0 Å². The molecule has 72 valence electrons. The minimum absolute atomic E-state index is 0.336. The third-order valence-electron chi connectivity index (χ3n) is 1.93. The van der Waals surface area contributed by atoms with Gasteiger partial charge in [-0.05, 0) is 19.1 Å². The van der Waals surface area contributed by atoms with Crippen molar-refractivity contribution in [3.8, 4) is 0 Å². The van der Waals surface area contributed by atoms with Crippen LogP contribution in [0.1, 0.15) is 17.3 Å². The van der Waals surface area contributed by atoms with Crippen molar-refractivity contribution in [2.45, 2.75) is 6.92 Å². The fourth-order valence-corrected chi connectivity index (χ4v) is 1.32. The number of nitrogens with zero attached hydrogens (tertiary/aromatic N) is 1. The van der Waals surface area contributed by atoms with Crippen LogP contribution in [0.25, 0.3) is 11.0 Å². The quantitative estimate of drug-likeness (QED) is 0.734. The Bertz CT molecular complexity index is 462. The minimum Gasteiger partial charge on any atom is -0.462 e. The van der Waals surface area contributed by atoms with Crippen molar-refractivity contribution in [2.75, 3.05) is 6.61 Å². The highest BCUT2D eigenvalue weighted by atomic mass is 16.5. The maximum absolute atomic E-state index is 11.4. The van der Waals surface area contributed by atoms with Gasteiger partial charge in [0.2, 0.25) is 0 Å². The van der Waals surface area contributed by atoms with Crippen LogP contribution in [0.4, 0.5) is 0 Å². The molecule has 0 saturated heterocycles. The molecule has 0 aliphatic rings. The van der Waals surface area contributed by atoms with Crippen molar-refractivity contribution in [1.29, 1.82) is 0 Å². The number of H-pyrrole nitrogens is 1. The van der Waals surface area contributed by atoms with E-state index in [0.29, 0.717) is 17.7 Å². The largest absolute Gasteiger partial charge is 0.462 e. The zero-order valence-electron chi connectivity index (χ0n) is 7.78. The second-order valence-corrected chi connectivity index (χ2v) is 2.82. The van der Waals surface area contributed by atoms with Gasteiger partial charge in [-0.2, -0.15) is 0 Å². The number of nitrogens with one attached hydrogen (secondary N) is 1. The summed E-state index contributed by atoms with van der Waals surface area (Å²) in [5, 5.41) is 0. The van der Waals surface area contributed by atoms with Crippen LogP contribution >= 0.6 is 0 Å². The predicted octanol–water partition coefficient (Wildman–Crippen LogP) is 1.74. The fraction of sp³-hybridized carbons (Fsp3) is 0.200. The van der Waals surface area contributed by atoms with E-state index in [-0.39, 0.29) is 5.97 Å². The van der Waals surface area contributed by atoms with Gasteiger partial charge in [-0.1, -0.05) is 0 Å². The molecule has 0 fully saturated rings.